The Hall–Kier alpha value is -1.79. The van der Waals surface area contributed by atoms with Crippen molar-refractivity contribution in [1.29, 1.82) is 0 Å². The summed E-state index contributed by atoms with van der Waals surface area (Å²) < 4.78 is 17.8. The molecule has 174 valence electrons. The molecule has 0 fully saturated rings. The molecular formula is C25H41NO4Si. The molecule has 0 bridgehead atoms. The molecule has 0 radical (unpaired) electrons. The van der Waals surface area contributed by atoms with Gasteiger partial charge < -0.3 is 19.2 Å². The zero-order chi connectivity index (χ0) is 23.4. The summed E-state index contributed by atoms with van der Waals surface area (Å²) in [5.41, 5.74) is 2.18. The molecule has 2 rings (SSSR count). The van der Waals surface area contributed by atoms with Crippen LogP contribution in [0.3, 0.4) is 0 Å². The van der Waals surface area contributed by atoms with Crippen molar-refractivity contribution >= 4 is 20.3 Å². The summed E-state index contributed by atoms with van der Waals surface area (Å²) in [5, 5.41) is 3.22. The first kappa shape index (κ1) is 25.5. The number of methoxy groups -OCH3 is 2. The van der Waals surface area contributed by atoms with E-state index in [1.807, 2.05) is 12.1 Å². The highest BCUT2D eigenvalue weighted by atomic mass is 28.4. The van der Waals surface area contributed by atoms with Gasteiger partial charge in [-0.05, 0) is 60.2 Å². The van der Waals surface area contributed by atoms with E-state index in [4.69, 9.17) is 13.9 Å². The molecular weight excluding hydrogens is 406 g/mol. The van der Waals surface area contributed by atoms with Crippen LogP contribution < -0.4 is 14.8 Å². The Balaban J connectivity index is 2.55. The molecule has 5 nitrogen and oxygen atoms in total. The SMILES string of the molecule is COc1cc2c(cc1OC)CCNC(=O)[C@@H](CC(C)C)C(O[Si](C)(C)C(C)(C)C)/C=C/2. The number of hydrogen-bond acceptors (Lipinski definition) is 4. The predicted molar refractivity (Wildman–Crippen MR) is 130 cm³/mol. The summed E-state index contributed by atoms with van der Waals surface area (Å²) in [7, 11) is 1.21. The van der Waals surface area contributed by atoms with Gasteiger partial charge in [-0.3, -0.25) is 4.79 Å². The quantitative estimate of drug-likeness (QED) is 0.590. The number of ether oxygens (including phenoxy) is 2. The van der Waals surface area contributed by atoms with E-state index < -0.39 is 8.32 Å². The van der Waals surface area contributed by atoms with Crippen LogP contribution in [0.25, 0.3) is 6.08 Å². The Morgan fingerprint density at radius 1 is 1.13 bits per heavy atom. The van der Waals surface area contributed by atoms with E-state index in [9.17, 15) is 4.79 Å². The second-order valence-corrected chi connectivity index (χ2v) is 15.1. The second kappa shape index (κ2) is 10.2. The first-order chi connectivity index (χ1) is 14.4. The maximum Gasteiger partial charge on any atom is 0.226 e. The van der Waals surface area contributed by atoms with Crippen LogP contribution >= 0.6 is 0 Å². The van der Waals surface area contributed by atoms with Crippen molar-refractivity contribution in [2.75, 3.05) is 20.8 Å². The molecule has 1 aromatic carbocycles. The third kappa shape index (κ3) is 6.36. The zero-order valence-corrected chi connectivity index (χ0v) is 21.8. The fourth-order valence-corrected chi connectivity index (χ4v) is 4.91. The Bertz CT molecular complexity index is 795. The van der Waals surface area contributed by atoms with Crippen molar-refractivity contribution < 1.29 is 18.7 Å². The lowest BCUT2D eigenvalue weighted by Gasteiger charge is -2.40. The Labute approximate surface area is 189 Å². The van der Waals surface area contributed by atoms with Crippen molar-refractivity contribution in [3.63, 3.8) is 0 Å². The zero-order valence-electron chi connectivity index (χ0n) is 20.8. The van der Waals surface area contributed by atoms with Crippen molar-refractivity contribution in [3.05, 3.63) is 29.3 Å². The fourth-order valence-electron chi connectivity index (χ4n) is 3.63. The number of rotatable bonds is 6. The van der Waals surface area contributed by atoms with E-state index in [0.29, 0.717) is 24.0 Å². The fraction of sp³-hybridized carbons (Fsp3) is 0.640. The number of carbonyl (C=O) groups is 1. The molecule has 0 aromatic heterocycles. The molecule has 1 unspecified atom stereocenters. The molecule has 0 saturated heterocycles. The van der Waals surface area contributed by atoms with E-state index in [2.05, 4.69) is 65.2 Å². The van der Waals surface area contributed by atoms with Crippen molar-refractivity contribution in [2.45, 2.75) is 71.7 Å². The summed E-state index contributed by atoms with van der Waals surface area (Å²) in [5.74, 6) is 1.66. The smallest absolute Gasteiger partial charge is 0.226 e. The monoisotopic (exact) mass is 447 g/mol. The highest BCUT2D eigenvalue weighted by Crippen LogP contribution is 2.39. The number of carbonyl (C=O) groups excluding carboxylic acids is 1. The van der Waals surface area contributed by atoms with Gasteiger partial charge in [0.15, 0.2) is 19.8 Å². The summed E-state index contributed by atoms with van der Waals surface area (Å²) in [6.07, 6.45) is 5.43. The second-order valence-electron chi connectivity index (χ2n) is 10.4. The highest BCUT2D eigenvalue weighted by Gasteiger charge is 2.41. The normalized spacial score (nSPS) is 21.3. The van der Waals surface area contributed by atoms with Gasteiger partial charge in [0.05, 0.1) is 26.2 Å². The van der Waals surface area contributed by atoms with Gasteiger partial charge in [-0.25, -0.2) is 0 Å². The van der Waals surface area contributed by atoms with Crippen LogP contribution in [0.15, 0.2) is 18.2 Å². The van der Waals surface area contributed by atoms with E-state index in [1.54, 1.807) is 14.2 Å². The van der Waals surface area contributed by atoms with Gasteiger partial charge in [-0.2, -0.15) is 0 Å². The summed E-state index contributed by atoms with van der Waals surface area (Å²) >= 11 is 0. The van der Waals surface area contributed by atoms with Crippen LogP contribution in [0.1, 0.15) is 52.2 Å². The minimum Gasteiger partial charge on any atom is -0.493 e. The molecule has 31 heavy (non-hydrogen) atoms. The van der Waals surface area contributed by atoms with Gasteiger partial charge >= 0.3 is 0 Å². The average molecular weight is 448 g/mol. The lowest BCUT2D eigenvalue weighted by Crippen LogP contribution is -2.48. The largest absolute Gasteiger partial charge is 0.493 e. The standard InChI is InChI=1S/C25H41NO4Si/c1-17(2)14-20-21(30-31(8,9)25(3,4)5)11-10-18-15-22(28-6)23(29-7)16-19(18)12-13-26-24(20)27/h10-11,15-17,20-21H,12-14H2,1-9H3,(H,26,27)/b11-10+/t20-,21?/m0/s1. The minimum absolute atomic E-state index is 0.0590. The minimum atomic E-state index is -2.08. The molecule has 1 heterocycles. The maximum atomic E-state index is 13.2. The third-order valence-corrected chi connectivity index (χ3v) is 11.0. The summed E-state index contributed by atoms with van der Waals surface area (Å²) in [6.45, 7) is 16.1. The van der Waals surface area contributed by atoms with Crippen molar-refractivity contribution in [3.8, 4) is 11.5 Å². The number of fused-ring (bicyclic) bond motifs is 1. The molecule has 0 spiro atoms. The van der Waals surface area contributed by atoms with Gasteiger partial charge in [-0.1, -0.05) is 46.8 Å². The molecule has 1 amide bonds. The average Bonchev–Trinajstić information content (AvgIpc) is 2.67. The van der Waals surface area contributed by atoms with Crippen LogP contribution in [0.5, 0.6) is 11.5 Å². The summed E-state index contributed by atoms with van der Waals surface area (Å²) in [4.78, 5) is 13.2. The molecule has 0 aliphatic carbocycles. The van der Waals surface area contributed by atoms with Crippen LogP contribution in [0.4, 0.5) is 0 Å². The third-order valence-electron chi connectivity index (χ3n) is 6.50. The van der Waals surface area contributed by atoms with Crippen LogP contribution in [-0.2, 0) is 15.6 Å². The summed E-state index contributed by atoms with van der Waals surface area (Å²) in [6, 6.07) is 4.01. The van der Waals surface area contributed by atoms with Gasteiger partial charge in [0, 0.05) is 6.54 Å². The van der Waals surface area contributed by atoms with E-state index in [-0.39, 0.29) is 23.0 Å². The van der Waals surface area contributed by atoms with Crippen molar-refractivity contribution in [2.24, 2.45) is 11.8 Å². The Kier molecular flexibility index (Phi) is 8.39. The van der Waals surface area contributed by atoms with Crippen molar-refractivity contribution in [1.82, 2.24) is 5.32 Å². The van der Waals surface area contributed by atoms with Gasteiger partial charge in [0.2, 0.25) is 5.91 Å². The number of benzene rings is 1. The van der Waals surface area contributed by atoms with Gasteiger partial charge in [-0.15, -0.1) is 0 Å². The maximum absolute atomic E-state index is 13.2. The number of hydrogen-bond donors (Lipinski definition) is 1. The Morgan fingerprint density at radius 3 is 2.29 bits per heavy atom. The van der Waals surface area contributed by atoms with Gasteiger partial charge in [0.25, 0.3) is 0 Å². The molecule has 1 aliphatic heterocycles. The first-order valence-corrected chi connectivity index (χ1v) is 14.2. The topological polar surface area (TPSA) is 56.8 Å². The number of nitrogens with one attached hydrogen (secondary N) is 1. The lowest BCUT2D eigenvalue weighted by molar-refractivity contribution is -0.127. The van der Waals surface area contributed by atoms with E-state index >= 15 is 0 Å². The number of amides is 1. The molecule has 0 saturated carbocycles. The lowest BCUT2D eigenvalue weighted by atomic mass is 9.89. The van der Waals surface area contributed by atoms with Crippen LogP contribution in [0.2, 0.25) is 18.1 Å². The molecule has 2 atom stereocenters. The van der Waals surface area contributed by atoms with Crippen LogP contribution in [-0.4, -0.2) is 41.1 Å². The molecule has 6 heteroatoms. The van der Waals surface area contributed by atoms with Gasteiger partial charge in [0.1, 0.15) is 0 Å². The van der Waals surface area contributed by atoms with E-state index in [0.717, 1.165) is 24.0 Å². The Morgan fingerprint density at radius 2 is 1.74 bits per heavy atom. The first-order valence-electron chi connectivity index (χ1n) is 11.3. The molecule has 1 N–H and O–H groups in total. The molecule has 1 aromatic rings. The van der Waals surface area contributed by atoms with Crippen LogP contribution in [0, 0.1) is 11.8 Å². The predicted octanol–water partition coefficient (Wildman–Crippen LogP) is 5.44. The molecule has 1 aliphatic rings. The highest BCUT2D eigenvalue weighted by molar-refractivity contribution is 6.74. The van der Waals surface area contributed by atoms with E-state index in [1.165, 1.54) is 0 Å².